The Balaban J connectivity index is 2.81. The zero-order valence-corrected chi connectivity index (χ0v) is 8.19. The summed E-state index contributed by atoms with van der Waals surface area (Å²) in [6, 6.07) is 1.26. The van der Waals surface area contributed by atoms with Crippen molar-refractivity contribution in [1.82, 2.24) is 5.32 Å². The molecule has 0 spiro atoms. The molecule has 84 valence electrons. The molecule has 1 aromatic rings. The van der Waals surface area contributed by atoms with Crippen LogP contribution in [0.3, 0.4) is 0 Å². The van der Waals surface area contributed by atoms with Crippen molar-refractivity contribution in [3.63, 3.8) is 0 Å². The number of hydrogen-bond donors (Lipinski definition) is 1. The lowest BCUT2D eigenvalue weighted by Gasteiger charge is -2.04. The predicted molar refractivity (Wildman–Crippen MR) is 52.1 cm³/mol. The Hall–Kier alpha value is -1.96. The quantitative estimate of drug-likeness (QED) is 0.476. The Morgan fingerprint density at radius 3 is 2.38 bits per heavy atom. The molecule has 0 heterocycles. The van der Waals surface area contributed by atoms with Crippen LogP contribution in [0.5, 0.6) is 0 Å². The topological polar surface area (TPSA) is 29.1 Å². The fourth-order valence-electron chi connectivity index (χ4n) is 1.04. The summed E-state index contributed by atoms with van der Waals surface area (Å²) in [6.45, 7) is 0.190. The second-order valence-electron chi connectivity index (χ2n) is 2.96. The van der Waals surface area contributed by atoms with Crippen molar-refractivity contribution < 1.29 is 18.0 Å². The van der Waals surface area contributed by atoms with Crippen LogP contribution < -0.4 is 5.32 Å². The van der Waals surface area contributed by atoms with Gasteiger partial charge < -0.3 is 5.32 Å². The third kappa shape index (κ3) is 2.76. The molecule has 0 aliphatic carbocycles. The first-order chi connectivity index (χ1) is 7.56. The van der Waals surface area contributed by atoms with Crippen molar-refractivity contribution >= 4 is 5.91 Å². The highest BCUT2D eigenvalue weighted by Crippen LogP contribution is 2.13. The minimum absolute atomic E-state index is 0.190. The Morgan fingerprint density at radius 1 is 1.31 bits per heavy atom. The van der Waals surface area contributed by atoms with Crippen molar-refractivity contribution in [2.75, 3.05) is 6.54 Å². The first-order valence-electron chi connectivity index (χ1n) is 4.42. The highest BCUT2D eigenvalue weighted by molar-refractivity contribution is 5.94. The molecule has 0 aromatic heterocycles. The van der Waals surface area contributed by atoms with Crippen LogP contribution in [0, 0.1) is 29.8 Å². The molecule has 2 nitrogen and oxygen atoms in total. The summed E-state index contributed by atoms with van der Waals surface area (Å²) < 4.78 is 38.1. The highest BCUT2D eigenvalue weighted by atomic mass is 19.2. The van der Waals surface area contributed by atoms with Gasteiger partial charge in [-0.15, -0.1) is 12.3 Å². The smallest absolute Gasteiger partial charge is 0.251 e. The largest absolute Gasteiger partial charge is 0.351 e. The molecule has 16 heavy (non-hydrogen) atoms. The van der Waals surface area contributed by atoms with E-state index in [1.807, 2.05) is 0 Å². The maximum atomic E-state index is 12.8. The van der Waals surface area contributed by atoms with Crippen molar-refractivity contribution in [3.8, 4) is 12.3 Å². The number of benzene rings is 1. The van der Waals surface area contributed by atoms with Gasteiger partial charge in [-0.2, -0.15) is 0 Å². The van der Waals surface area contributed by atoms with E-state index in [4.69, 9.17) is 6.42 Å². The Morgan fingerprint density at radius 2 is 1.88 bits per heavy atom. The summed E-state index contributed by atoms with van der Waals surface area (Å²) in [5.41, 5.74) is -0.284. The number of carbonyl (C=O) groups is 1. The SMILES string of the molecule is C#CCCNC(=O)c1cc(F)c(F)c(F)c1. The molecular formula is C11H8F3NO. The minimum atomic E-state index is -1.60. The standard InChI is InChI=1S/C11H8F3NO/c1-2-3-4-15-11(16)7-5-8(12)10(14)9(13)6-7/h1,5-6H,3-4H2,(H,15,16). The van der Waals surface area contributed by atoms with Crippen molar-refractivity contribution in [1.29, 1.82) is 0 Å². The molecule has 0 saturated heterocycles. The molecule has 0 radical (unpaired) electrons. The van der Waals surface area contributed by atoms with Crippen LogP contribution in [0.4, 0.5) is 13.2 Å². The molecule has 0 fully saturated rings. The van der Waals surface area contributed by atoms with Gasteiger partial charge in [-0.1, -0.05) is 0 Å². The fourth-order valence-corrected chi connectivity index (χ4v) is 1.04. The molecule has 0 aliphatic heterocycles. The summed E-state index contributed by atoms with van der Waals surface area (Å²) in [4.78, 5) is 11.3. The summed E-state index contributed by atoms with van der Waals surface area (Å²) in [5, 5.41) is 2.34. The second-order valence-corrected chi connectivity index (χ2v) is 2.96. The van der Waals surface area contributed by atoms with E-state index in [-0.39, 0.29) is 12.1 Å². The molecule has 1 aromatic carbocycles. The maximum Gasteiger partial charge on any atom is 0.251 e. The van der Waals surface area contributed by atoms with Crippen molar-refractivity contribution in [2.24, 2.45) is 0 Å². The zero-order chi connectivity index (χ0) is 12.1. The number of hydrogen-bond acceptors (Lipinski definition) is 1. The van der Waals surface area contributed by atoms with Gasteiger partial charge in [-0.05, 0) is 12.1 Å². The van der Waals surface area contributed by atoms with Crippen LogP contribution in [0.2, 0.25) is 0 Å². The molecule has 0 saturated carbocycles. The van der Waals surface area contributed by atoms with Crippen LogP contribution in [0.1, 0.15) is 16.8 Å². The molecule has 5 heteroatoms. The molecule has 0 unspecified atom stereocenters. The highest BCUT2D eigenvalue weighted by Gasteiger charge is 2.14. The summed E-state index contributed by atoms with van der Waals surface area (Å²) >= 11 is 0. The minimum Gasteiger partial charge on any atom is -0.351 e. The van der Waals surface area contributed by atoms with E-state index in [0.717, 1.165) is 0 Å². The van der Waals surface area contributed by atoms with Crippen LogP contribution in [-0.4, -0.2) is 12.5 Å². The lowest BCUT2D eigenvalue weighted by atomic mass is 10.2. The third-order valence-electron chi connectivity index (χ3n) is 1.80. The fraction of sp³-hybridized carbons (Fsp3) is 0.182. The number of carbonyl (C=O) groups excluding carboxylic acids is 1. The third-order valence-corrected chi connectivity index (χ3v) is 1.80. The summed E-state index contributed by atoms with van der Waals surface area (Å²) in [7, 11) is 0. The van der Waals surface area contributed by atoms with E-state index in [9.17, 15) is 18.0 Å². The summed E-state index contributed by atoms with van der Waals surface area (Å²) in [6.07, 6.45) is 5.25. The van der Waals surface area contributed by atoms with Gasteiger partial charge in [-0.3, -0.25) is 4.79 Å². The van der Waals surface area contributed by atoms with E-state index in [1.165, 1.54) is 0 Å². The van der Waals surface area contributed by atoms with Gasteiger partial charge in [0.15, 0.2) is 17.5 Å². The maximum absolute atomic E-state index is 12.8. The number of amides is 1. The molecule has 1 rings (SSSR count). The number of nitrogens with one attached hydrogen (secondary N) is 1. The summed E-state index contributed by atoms with van der Waals surface area (Å²) in [5.74, 6) is -2.82. The van der Waals surface area contributed by atoms with Gasteiger partial charge >= 0.3 is 0 Å². The monoisotopic (exact) mass is 227 g/mol. The van der Waals surface area contributed by atoms with Gasteiger partial charge in [0.05, 0.1) is 0 Å². The number of terminal acetylenes is 1. The van der Waals surface area contributed by atoms with Crippen LogP contribution in [0.25, 0.3) is 0 Å². The van der Waals surface area contributed by atoms with Gasteiger partial charge in [0.25, 0.3) is 5.91 Å². The van der Waals surface area contributed by atoms with Crippen LogP contribution in [0.15, 0.2) is 12.1 Å². The van der Waals surface area contributed by atoms with Gasteiger partial charge in [-0.25, -0.2) is 13.2 Å². The number of rotatable bonds is 3. The van der Waals surface area contributed by atoms with E-state index in [0.29, 0.717) is 18.6 Å². The van der Waals surface area contributed by atoms with Crippen molar-refractivity contribution in [2.45, 2.75) is 6.42 Å². The lowest BCUT2D eigenvalue weighted by Crippen LogP contribution is -2.24. The average Bonchev–Trinajstić information content (AvgIpc) is 2.25. The van der Waals surface area contributed by atoms with E-state index in [2.05, 4.69) is 11.2 Å². The molecule has 0 atom stereocenters. The molecule has 0 bridgehead atoms. The first-order valence-corrected chi connectivity index (χ1v) is 4.42. The Bertz CT molecular complexity index is 428. The van der Waals surface area contributed by atoms with Crippen LogP contribution in [-0.2, 0) is 0 Å². The Labute approximate surface area is 90.5 Å². The second kappa shape index (κ2) is 5.21. The van der Waals surface area contributed by atoms with E-state index < -0.39 is 23.4 Å². The predicted octanol–water partition coefficient (Wildman–Crippen LogP) is 1.86. The van der Waals surface area contributed by atoms with Gasteiger partial charge in [0.1, 0.15) is 0 Å². The average molecular weight is 227 g/mol. The van der Waals surface area contributed by atoms with E-state index in [1.54, 1.807) is 0 Å². The molecule has 0 aliphatic rings. The normalized spacial score (nSPS) is 9.62. The molecular weight excluding hydrogens is 219 g/mol. The van der Waals surface area contributed by atoms with E-state index >= 15 is 0 Å². The number of halogens is 3. The van der Waals surface area contributed by atoms with Crippen LogP contribution >= 0.6 is 0 Å². The first kappa shape index (κ1) is 12.1. The lowest BCUT2D eigenvalue weighted by molar-refractivity contribution is 0.0953. The zero-order valence-electron chi connectivity index (χ0n) is 8.19. The van der Waals surface area contributed by atoms with Gasteiger partial charge in [0, 0.05) is 18.5 Å². The van der Waals surface area contributed by atoms with Gasteiger partial charge in [0.2, 0.25) is 0 Å². The molecule has 1 N–H and O–H groups in total. The van der Waals surface area contributed by atoms with Crippen molar-refractivity contribution in [3.05, 3.63) is 35.1 Å². The Kier molecular flexibility index (Phi) is 3.95. The molecule has 1 amide bonds.